The monoisotopic (exact) mass is 224 g/mol. The van der Waals surface area contributed by atoms with E-state index in [2.05, 4.69) is 45.9 Å². The predicted molar refractivity (Wildman–Crippen MR) is 67.0 cm³/mol. The molecule has 0 N–H and O–H groups in total. The van der Waals surface area contributed by atoms with Crippen LogP contribution < -0.4 is 0 Å². The van der Waals surface area contributed by atoms with Gasteiger partial charge in [-0.25, -0.2) is 0 Å². The number of hydrogen-bond acceptors (Lipinski definition) is 1. The Morgan fingerprint density at radius 1 is 0.933 bits per heavy atom. The maximum Gasteiger partial charge on any atom is 0.0498 e. The Balaban J connectivity index is 3.26. The third-order valence-corrected chi connectivity index (χ3v) is 3.52. The summed E-state index contributed by atoms with van der Waals surface area (Å²) < 4.78 is 11.5. The van der Waals surface area contributed by atoms with Crippen LogP contribution in [0, 0.1) is 0 Å². The van der Waals surface area contributed by atoms with Crippen molar-refractivity contribution in [3.8, 4) is 0 Å². The van der Waals surface area contributed by atoms with Gasteiger partial charge in [-0.1, -0.05) is 33.8 Å². The summed E-state index contributed by atoms with van der Waals surface area (Å²) in [6, 6.07) is 6.35. The van der Waals surface area contributed by atoms with E-state index in [-0.39, 0.29) is 0 Å². The lowest BCUT2D eigenvalue weighted by Crippen LogP contribution is -1.97. The molecule has 1 nitrogen and oxygen atoms in total. The van der Waals surface area contributed by atoms with Gasteiger partial charge in [-0.05, 0) is 35.1 Å². The van der Waals surface area contributed by atoms with E-state index in [1.165, 1.54) is 11.1 Å². The fourth-order valence-corrected chi connectivity index (χ4v) is 2.08. The first kappa shape index (κ1) is 12.4. The molecule has 0 bridgehead atoms. The molecule has 1 rings (SSSR count). The maximum absolute atomic E-state index is 11.5. The van der Waals surface area contributed by atoms with E-state index in [0.29, 0.717) is 11.8 Å². The molecule has 0 aliphatic rings. The summed E-state index contributed by atoms with van der Waals surface area (Å²) in [5, 5.41) is 0. The van der Waals surface area contributed by atoms with Crippen molar-refractivity contribution >= 4 is 10.8 Å². The maximum atomic E-state index is 11.5. The summed E-state index contributed by atoms with van der Waals surface area (Å²) in [6.45, 7) is 8.67. The third kappa shape index (κ3) is 3.16. The molecule has 0 amide bonds. The van der Waals surface area contributed by atoms with Gasteiger partial charge in [0.1, 0.15) is 0 Å². The van der Waals surface area contributed by atoms with E-state index in [4.69, 9.17) is 0 Å². The van der Waals surface area contributed by atoms with Crippen molar-refractivity contribution in [2.45, 2.75) is 44.4 Å². The Bertz CT molecular complexity index is 341. The van der Waals surface area contributed by atoms with Crippen molar-refractivity contribution in [1.29, 1.82) is 0 Å². The van der Waals surface area contributed by atoms with E-state index >= 15 is 0 Å². The highest BCUT2D eigenvalue weighted by atomic mass is 32.2. The van der Waals surface area contributed by atoms with Crippen LogP contribution in [0.1, 0.15) is 50.7 Å². The second-order valence-corrected chi connectivity index (χ2v) is 5.98. The van der Waals surface area contributed by atoms with Gasteiger partial charge in [-0.3, -0.25) is 4.21 Å². The average Bonchev–Trinajstić information content (AvgIpc) is 2.16. The van der Waals surface area contributed by atoms with Crippen LogP contribution in [-0.4, -0.2) is 10.5 Å². The zero-order valence-corrected chi connectivity index (χ0v) is 11.0. The molecule has 0 aliphatic heterocycles. The zero-order valence-electron chi connectivity index (χ0n) is 10.2. The summed E-state index contributed by atoms with van der Waals surface area (Å²) in [5.74, 6) is 0.983. The van der Waals surface area contributed by atoms with Gasteiger partial charge in [-0.15, -0.1) is 0 Å². The summed E-state index contributed by atoms with van der Waals surface area (Å²) in [6.07, 6.45) is 1.74. The Hall–Kier alpha value is -0.630. The molecule has 0 aliphatic carbocycles. The Morgan fingerprint density at radius 3 is 1.60 bits per heavy atom. The Morgan fingerprint density at radius 2 is 1.33 bits per heavy atom. The van der Waals surface area contributed by atoms with Gasteiger partial charge < -0.3 is 0 Å². The molecule has 0 fully saturated rings. The first-order chi connectivity index (χ1) is 6.91. The smallest absolute Gasteiger partial charge is 0.0498 e. The van der Waals surface area contributed by atoms with Gasteiger partial charge in [0.15, 0.2) is 0 Å². The second kappa shape index (κ2) is 4.93. The van der Waals surface area contributed by atoms with Gasteiger partial charge in [-0.2, -0.15) is 0 Å². The largest absolute Gasteiger partial charge is 0.255 e. The third-order valence-electron chi connectivity index (χ3n) is 2.62. The molecule has 2 heteroatoms. The summed E-state index contributed by atoms with van der Waals surface area (Å²) in [7, 11) is -0.883. The molecule has 1 aromatic rings. The highest BCUT2D eigenvalue weighted by Gasteiger charge is 2.08. The fourth-order valence-electron chi connectivity index (χ4n) is 1.48. The SMILES string of the molecule is CC(C)c1cc(C(C)C)cc(S(C)=O)c1. The summed E-state index contributed by atoms with van der Waals surface area (Å²) in [4.78, 5) is 0.949. The highest BCUT2D eigenvalue weighted by molar-refractivity contribution is 7.84. The number of benzene rings is 1. The second-order valence-electron chi connectivity index (χ2n) is 4.60. The van der Waals surface area contributed by atoms with Gasteiger partial charge >= 0.3 is 0 Å². The van der Waals surface area contributed by atoms with Crippen molar-refractivity contribution in [3.05, 3.63) is 29.3 Å². The lowest BCUT2D eigenvalue weighted by molar-refractivity contribution is 0.686. The molecule has 0 spiro atoms. The lowest BCUT2D eigenvalue weighted by atomic mass is 9.96. The van der Waals surface area contributed by atoms with Gasteiger partial charge in [0.2, 0.25) is 0 Å². The lowest BCUT2D eigenvalue weighted by Gasteiger charge is -2.13. The Labute approximate surface area is 95.4 Å². The van der Waals surface area contributed by atoms with Gasteiger partial charge in [0.25, 0.3) is 0 Å². The van der Waals surface area contributed by atoms with Crippen LogP contribution in [0.25, 0.3) is 0 Å². The van der Waals surface area contributed by atoms with Gasteiger partial charge in [0.05, 0.1) is 0 Å². The van der Waals surface area contributed by atoms with Crippen molar-refractivity contribution in [2.24, 2.45) is 0 Å². The predicted octanol–water partition coefficient (Wildman–Crippen LogP) is 3.67. The van der Waals surface area contributed by atoms with Crippen molar-refractivity contribution in [3.63, 3.8) is 0 Å². The molecule has 0 saturated carbocycles. The van der Waals surface area contributed by atoms with E-state index in [9.17, 15) is 4.21 Å². The topological polar surface area (TPSA) is 17.1 Å². The minimum Gasteiger partial charge on any atom is -0.255 e. The van der Waals surface area contributed by atoms with E-state index in [0.717, 1.165) is 4.90 Å². The minimum absolute atomic E-state index is 0.492. The van der Waals surface area contributed by atoms with E-state index in [1.54, 1.807) is 6.26 Å². The number of hydrogen-bond donors (Lipinski definition) is 0. The molecule has 0 saturated heterocycles. The van der Waals surface area contributed by atoms with Crippen LogP contribution in [0.3, 0.4) is 0 Å². The van der Waals surface area contributed by atoms with Crippen molar-refractivity contribution in [2.75, 3.05) is 6.26 Å². The van der Waals surface area contributed by atoms with Crippen molar-refractivity contribution < 1.29 is 4.21 Å². The van der Waals surface area contributed by atoms with Gasteiger partial charge in [0, 0.05) is 22.0 Å². The zero-order chi connectivity index (χ0) is 11.6. The molecule has 84 valence electrons. The highest BCUT2D eigenvalue weighted by Crippen LogP contribution is 2.24. The fraction of sp³-hybridized carbons (Fsp3) is 0.538. The molecule has 1 aromatic carbocycles. The van der Waals surface area contributed by atoms with Crippen LogP contribution in [0.15, 0.2) is 23.1 Å². The molecular formula is C13H20OS. The van der Waals surface area contributed by atoms with Crippen molar-refractivity contribution in [1.82, 2.24) is 0 Å². The first-order valence-corrected chi connectivity index (χ1v) is 6.96. The first-order valence-electron chi connectivity index (χ1n) is 5.40. The van der Waals surface area contributed by atoms with Crippen LogP contribution in [-0.2, 0) is 10.8 Å². The molecule has 15 heavy (non-hydrogen) atoms. The summed E-state index contributed by atoms with van der Waals surface area (Å²) in [5.41, 5.74) is 2.57. The molecular weight excluding hydrogens is 204 g/mol. The molecule has 0 heterocycles. The molecule has 1 atom stereocenters. The number of rotatable bonds is 3. The molecule has 0 radical (unpaired) electrons. The normalized spacial score (nSPS) is 13.5. The summed E-state index contributed by atoms with van der Waals surface area (Å²) >= 11 is 0. The van der Waals surface area contributed by atoms with Crippen LogP contribution in [0.4, 0.5) is 0 Å². The van der Waals surface area contributed by atoms with E-state index in [1.807, 2.05) is 0 Å². The molecule has 0 aromatic heterocycles. The van der Waals surface area contributed by atoms with Crippen LogP contribution in [0.5, 0.6) is 0 Å². The van der Waals surface area contributed by atoms with E-state index < -0.39 is 10.8 Å². The average molecular weight is 224 g/mol. The Kier molecular flexibility index (Phi) is 4.09. The molecule has 1 unspecified atom stereocenters. The minimum atomic E-state index is -0.883. The quantitative estimate of drug-likeness (QED) is 0.765. The standard InChI is InChI=1S/C13H20OS/c1-9(2)11-6-12(10(3)4)8-13(7-11)15(5)14/h6-10H,1-5H3. The van der Waals surface area contributed by atoms with Crippen LogP contribution >= 0.6 is 0 Å². The van der Waals surface area contributed by atoms with Crippen LogP contribution in [0.2, 0.25) is 0 Å².